The number of aliphatic hydroxyl groups excluding tert-OH is 1. The third-order valence-corrected chi connectivity index (χ3v) is 3.17. The molecule has 0 aromatic carbocycles. The van der Waals surface area contributed by atoms with Gasteiger partial charge < -0.3 is 10.4 Å². The standard InChI is InChI=1S/C12H26N2O/c1-5-14(10(2)3)8-12(4,9-15)13-11-6-7-11/h10-11,13,15H,5-9H2,1-4H3. The molecule has 2 N–H and O–H groups in total. The molecule has 1 saturated carbocycles. The van der Waals surface area contributed by atoms with Gasteiger partial charge in [-0.3, -0.25) is 4.90 Å². The zero-order valence-corrected chi connectivity index (χ0v) is 10.6. The maximum absolute atomic E-state index is 9.50. The van der Waals surface area contributed by atoms with E-state index in [4.69, 9.17) is 0 Å². The summed E-state index contributed by atoms with van der Waals surface area (Å²) >= 11 is 0. The Kier molecular flexibility index (Phi) is 4.56. The maximum Gasteiger partial charge on any atom is 0.0623 e. The highest BCUT2D eigenvalue weighted by Crippen LogP contribution is 2.23. The summed E-state index contributed by atoms with van der Waals surface area (Å²) in [4.78, 5) is 2.39. The first-order valence-corrected chi connectivity index (χ1v) is 6.13. The predicted molar refractivity (Wildman–Crippen MR) is 64.0 cm³/mol. The lowest BCUT2D eigenvalue weighted by atomic mass is 10.0. The first-order valence-electron chi connectivity index (χ1n) is 6.13. The highest BCUT2D eigenvalue weighted by atomic mass is 16.3. The van der Waals surface area contributed by atoms with E-state index < -0.39 is 0 Å². The molecule has 90 valence electrons. The fourth-order valence-corrected chi connectivity index (χ4v) is 1.97. The van der Waals surface area contributed by atoms with Crippen LogP contribution in [-0.4, -0.2) is 47.3 Å². The Morgan fingerprint density at radius 2 is 2.07 bits per heavy atom. The maximum atomic E-state index is 9.50. The van der Waals surface area contributed by atoms with E-state index >= 15 is 0 Å². The van der Waals surface area contributed by atoms with E-state index in [9.17, 15) is 5.11 Å². The van der Waals surface area contributed by atoms with Crippen LogP contribution in [0, 0.1) is 0 Å². The van der Waals surface area contributed by atoms with Gasteiger partial charge in [-0.1, -0.05) is 6.92 Å². The average Bonchev–Trinajstić information content (AvgIpc) is 2.97. The van der Waals surface area contributed by atoms with Crippen LogP contribution >= 0.6 is 0 Å². The molecule has 1 fully saturated rings. The minimum absolute atomic E-state index is 0.137. The van der Waals surface area contributed by atoms with E-state index in [2.05, 4.69) is 37.9 Å². The molecule has 0 radical (unpaired) electrons. The van der Waals surface area contributed by atoms with Crippen LogP contribution in [0.2, 0.25) is 0 Å². The summed E-state index contributed by atoms with van der Waals surface area (Å²) in [6.07, 6.45) is 2.53. The van der Waals surface area contributed by atoms with Gasteiger partial charge in [0.1, 0.15) is 0 Å². The van der Waals surface area contributed by atoms with E-state index in [0.717, 1.165) is 13.1 Å². The van der Waals surface area contributed by atoms with Gasteiger partial charge in [0, 0.05) is 18.6 Å². The smallest absolute Gasteiger partial charge is 0.0623 e. The van der Waals surface area contributed by atoms with Gasteiger partial charge in [-0.15, -0.1) is 0 Å². The summed E-state index contributed by atoms with van der Waals surface area (Å²) < 4.78 is 0. The molecule has 0 spiro atoms. The Bertz CT molecular complexity index is 192. The van der Waals surface area contributed by atoms with Crippen molar-refractivity contribution in [1.29, 1.82) is 0 Å². The third kappa shape index (κ3) is 4.09. The molecular formula is C12H26N2O. The number of hydrogen-bond acceptors (Lipinski definition) is 3. The van der Waals surface area contributed by atoms with Crippen molar-refractivity contribution in [3.8, 4) is 0 Å². The van der Waals surface area contributed by atoms with E-state index in [1.807, 2.05) is 0 Å². The van der Waals surface area contributed by atoms with E-state index in [0.29, 0.717) is 12.1 Å². The Morgan fingerprint density at radius 1 is 1.47 bits per heavy atom. The molecule has 1 aliphatic rings. The van der Waals surface area contributed by atoms with Crippen LogP contribution < -0.4 is 5.32 Å². The van der Waals surface area contributed by atoms with Crippen LogP contribution in [0.1, 0.15) is 40.5 Å². The molecule has 3 nitrogen and oxygen atoms in total. The van der Waals surface area contributed by atoms with Crippen LogP contribution in [0.15, 0.2) is 0 Å². The van der Waals surface area contributed by atoms with Crippen LogP contribution in [0.3, 0.4) is 0 Å². The fraction of sp³-hybridized carbons (Fsp3) is 1.00. The van der Waals surface area contributed by atoms with Gasteiger partial charge in [0.2, 0.25) is 0 Å². The van der Waals surface area contributed by atoms with Crippen molar-refractivity contribution < 1.29 is 5.11 Å². The number of nitrogens with one attached hydrogen (secondary N) is 1. The van der Waals surface area contributed by atoms with Crippen molar-refractivity contribution in [2.45, 2.75) is 58.2 Å². The molecule has 0 aromatic heterocycles. The number of rotatable bonds is 7. The minimum Gasteiger partial charge on any atom is -0.394 e. The third-order valence-electron chi connectivity index (χ3n) is 3.17. The minimum atomic E-state index is -0.137. The summed E-state index contributed by atoms with van der Waals surface area (Å²) in [5.74, 6) is 0. The summed E-state index contributed by atoms with van der Waals surface area (Å²) in [5, 5.41) is 13.0. The lowest BCUT2D eigenvalue weighted by Gasteiger charge is -2.36. The highest BCUT2D eigenvalue weighted by molar-refractivity contribution is 4.94. The van der Waals surface area contributed by atoms with Gasteiger partial charge in [-0.25, -0.2) is 0 Å². The molecule has 0 aromatic rings. The van der Waals surface area contributed by atoms with Gasteiger partial charge in [-0.2, -0.15) is 0 Å². The van der Waals surface area contributed by atoms with Gasteiger partial charge in [0.05, 0.1) is 12.1 Å². The summed E-state index contributed by atoms with van der Waals surface area (Å²) in [7, 11) is 0. The Balaban J connectivity index is 2.48. The quantitative estimate of drug-likeness (QED) is 0.669. The summed E-state index contributed by atoms with van der Waals surface area (Å²) in [6, 6.07) is 1.19. The Labute approximate surface area is 93.9 Å². The first-order chi connectivity index (χ1) is 7.00. The summed E-state index contributed by atoms with van der Waals surface area (Å²) in [5.41, 5.74) is -0.137. The van der Waals surface area contributed by atoms with Gasteiger partial charge in [0.15, 0.2) is 0 Å². The first kappa shape index (κ1) is 12.9. The highest BCUT2D eigenvalue weighted by Gasteiger charge is 2.33. The van der Waals surface area contributed by atoms with Gasteiger partial charge >= 0.3 is 0 Å². The molecule has 0 amide bonds. The van der Waals surface area contributed by atoms with E-state index in [1.54, 1.807) is 0 Å². The lowest BCUT2D eigenvalue weighted by molar-refractivity contribution is 0.105. The Morgan fingerprint density at radius 3 is 2.40 bits per heavy atom. The molecule has 0 bridgehead atoms. The molecule has 1 atom stereocenters. The number of hydrogen-bond donors (Lipinski definition) is 2. The molecule has 15 heavy (non-hydrogen) atoms. The predicted octanol–water partition coefficient (Wildman–Crippen LogP) is 1.22. The molecule has 0 saturated heterocycles. The van der Waals surface area contributed by atoms with Crippen molar-refractivity contribution in [3.05, 3.63) is 0 Å². The SMILES string of the molecule is CCN(CC(C)(CO)NC1CC1)C(C)C. The van der Waals surface area contributed by atoms with Crippen molar-refractivity contribution in [3.63, 3.8) is 0 Å². The molecule has 0 heterocycles. The summed E-state index contributed by atoms with van der Waals surface area (Å²) in [6.45, 7) is 10.9. The number of nitrogens with zero attached hydrogens (tertiary/aromatic N) is 1. The van der Waals surface area contributed by atoms with Crippen molar-refractivity contribution in [2.75, 3.05) is 19.7 Å². The largest absolute Gasteiger partial charge is 0.394 e. The van der Waals surface area contributed by atoms with Crippen molar-refractivity contribution >= 4 is 0 Å². The zero-order chi connectivity index (χ0) is 11.5. The fourth-order valence-electron chi connectivity index (χ4n) is 1.97. The monoisotopic (exact) mass is 214 g/mol. The van der Waals surface area contributed by atoms with Gasteiger partial charge in [0.25, 0.3) is 0 Å². The molecular weight excluding hydrogens is 188 g/mol. The zero-order valence-electron chi connectivity index (χ0n) is 10.6. The van der Waals surface area contributed by atoms with Crippen LogP contribution in [0.4, 0.5) is 0 Å². The normalized spacial score (nSPS) is 21.0. The second-order valence-corrected chi connectivity index (χ2v) is 5.29. The van der Waals surface area contributed by atoms with Crippen molar-refractivity contribution in [1.82, 2.24) is 10.2 Å². The van der Waals surface area contributed by atoms with Gasteiger partial charge in [-0.05, 0) is 40.2 Å². The van der Waals surface area contributed by atoms with Crippen LogP contribution in [0.5, 0.6) is 0 Å². The molecule has 3 heteroatoms. The average molecular weight is 214 g/mol. The molecule has 1 unspecified atom stereocenters. The van der Waals surface area contributed by atoms with Crippen molar-refractivity contribution in [2.24, 2.45) is 0 Å². The Hall–Kier alpha value is -0.120. The van der Waals surface area contributed by atoms with E-state index in [-0.39, 0.29) is 12.1 Å². The lowest BCUT2D eigenvalue weighted by Crippen LogP contribution is -2.56. The molecule has 0 aliphatic heterocycles. The van der Waals surface area contributed by atoms with Crippen LogP contribution in [-0.2, 0) is 0 Å². The second-order valence-electron chi connectivity index (χ2n) is 5.29. The number of likely N-dealkylation sites (N-methyl/N-ethyl adjacent to an activating group) is 1. The second kappa shape index (κ2) is 5.28. The topological polar surface area (TPSA) is 35.5 Å². The number of aliphatic hydroxyl groups is 1. The molecule has 1 aliphatic carbocycles. The molecule has 1 rings (SSSR count). The van der Waals surface area contributed by atoms with Crippen LogP contribution in [0.25, 0.3) is 0 Å². The van der Waals surface area contributed by atoms with E-state index in [1.165, 1.54) is 12.8 Å².